The Morgan fingerprint density at radius 3 is 2.54 bits per heavy atom. The molecule has 3 heteroatoms. The van der Waals surface area contributed by atoms with Crippen molar-refractivity contribution in [2.75, 3.05) is 6.61 Å². The number of rotatable bonds is 4. The quantitative estimate of drug-likeness (QED) is 0.534. The number of esters is 1. The zero-order valence-electron chi connectivity index (χ0n) is 8.54. The third kappa shape index (κ3) is 7.53. The van der Waals surface area contributed by atoms with Gasteiger partial charge in [-0.15, -0.1) is 0 Å². The van der Waals surface area contributed by atoms with Crippen molar-refractivity contribution in [3.63, 3.8) is 0 Å². The average molecular weight is 186 g/mol. The first-order valence-electron chi connectivity index (χ1n) is 4.32. The molecule has 0 amide bonds. The average Bonchev–Trinajstić information content (AvgIpc) is 1.97. The van der Waals surface area contributed by atoms with Crippen LogP contribution in [-0.2, 0) is 9.53 Å². The normalized spacial score (nSPS) is 13.5. The number of aliphatic hydroxyl groups is 1. The van der Waals surface area contributed by atoms with Gasteiger partial charge in [-0.1, -0.05) is 27.4 Å². The molecule has 0 aromatic rings. The molecule has 1 N–H and O–H groups in total. The highest BCUT2D eigenvalue weighted by atomic mass is 16.5. The molecule has 0 aliphatic carbocycles. The Morgan fingerprint density at radius 2 is 2.15 bits per heavy atom. The molecule has 3 nitrogen and oxygen atoms in total. The Kier molecular flexibility index (Phi) is 4.70. The maximum Gasteiger partial charge on any atom is 0.330 e. The van der Waals surface area contributed by atoms with E-state index in [1.807, 2.05) is 20.8 Å². The van der Waals surface area contributed by atoms with Crippen molar-refractivity contribution in [2.24, 2.45) is 5.41 Å². The topological polar surface area (TPSA) is 46.5 Å². The Labute approximate surface area is 79.4 Å². The van der Waals surface area contributed by atoms with Gasteiger partial charge in [0.2, 0.25) is 0 Å². The number of hydrogen-bond donors (Lipinski definition) is 1. The van der Waals surface area contributed by atoms with Gasteiger partial charge in [-0.2, -0.15) is 0 Å². The van der Waals surface area contributed by atoms with E-state index < -0.39 is 12.1 Å². The maximum atomic E-state index is 10.6. The minimum atomic E-state index is -0.594. The van der Waals surface area contributed by atoms with Crippen LogP contribution in [0.1, 0.15) is 27.2 Å². The minimum Gasteiger partial charge on any atom is -0.460 e. The Morgan fingerprint density at radius 1 is 1.62 bits per heavy atom. The van der Waals surface area contributed by atoms with E-state index in [9.17, 15) is 9.90 Å². The van der Waals surface area contributed by atoms with Crippen LogP contribution < -0.4 is 0 Å². The molecule has 0 aliphatic heterocycles. The van der Waals surface area contributed by atoms with Gasteiger partial charge < -0.3 is 9.84 Å². The lowest BCUT2D eigenvalue weighted by Crippen LogP contribution is -2.23. The van der Waals surface area contributed by atoms with Crippen LogP contribution in [0.4, 0.5) is 0 Å². The highest BCUT2D eigenvalue weighted by Crippen LogP contribution is 2.20. The molecule has 0 fully saturated rings. The largest absolute Gasteiger partial charge is 0.460 e. The highest BCUT2D eigenvalue weighted by Gasteiger charge is 2.17. The molecule has 0 spiro atoms. The zero-order valence-corrected chi connectivity index (χ0v) is 8.54. The summed E-state index contributed by atoms with van der Waals surface area (Å²) in [4.78, 5) is 10.6. The molecule has 0 aromatic heterocycles. The third-order valence-electron chi connectivity index (χ3n) is 1.43. The summed E-state index contributed by atoms with van der Waals surface area (Å²) in [6, 6.07) is 0. The van der Waals surface area contributed by atoms with Crippen LogP contribution in [0.5, 0.6) is 0 Å². The summed E-state index contributed by atoms with van der Waals surface area (Å²) < 4.78 is 4.69. The standard InChI is InChI=1S/C10H18O3/c1-5-9(12)13-7-8(11)6-10(2,3)4/h5,8,11H,1,6-7H2,2-4H3. The smallest absolute Gasteiger partial charge is 0.330 e. The van der Waals surface area contributed by atoms with Gasteiger partial charge in [0, 0.05) is 6.08 Å². The second-order valence-electron chi connectivity index (χ2n) is 4.25. The van der Waals surface area contributed by atoms with Crippen molar-refractivity contribution in [3.8, 4) is 0 Å². The van der Waals surface area contributed by atoms with Gasteiger partial charge in [0.15, 0.2) is 0 Å². The van der Waals surface area contributed by atoms with Crippen LogP contribution in [0.15, 0.2) is 12.7 Å². The third-order valence-corrected chi connectivity index (χ3v) is 1.43. The number of ether oxygens (including phenoxy) is 1. The van der Waals surface area contributed by atoms with Crippen molar-refractivity contribution < 1.29 is 14.6 Å². The van der Waals surface area contributed by atoms with Gasteiger partial charge >= 0.3 is 5.97 Å². The fourth-order valence-corrected chi connectivity index (χ4v) is 1.00. The minimum absolute atomic E-state index is 0.0417. The molecular weight excluding hydrogens is 168 g/mol. The molecule has 1 unspecified atom stereocenters. The van der Waals surface area contributed by atoms with Crippen LogP contribution >= 0.6 is 0 Å². The van der Waals surface area contributed by atoms with Gasteiger partial charge in [-0.3, -0.25) is 0 Å². The van der Waals surface area contributed by atoms with E-state index >= 15 is 0 Å². The number of carbonyl (C=O) groups is 1. The first-order valence-corrected chi connectivity index (χ1v) is 4.32. The van der Waals surface area contributed by atoms with Crippen LogP contribution in [0, 0.1) is 5.41 Å². The van der Waals surface area contributed by atoms with Crippen LogP contribution in [0.3, 0.4) is 0 Å². The van der Waals surface area contributed by atoms with Crippen molar-refractivity contribution in [2.45, 2.75) is 33.3 Å². The molecule has 0 aliphatic rings. The predicted octanol–water partition coefficient (Wildman–Crippen LogP) is 1.51. The Bertz CT molecular complexity index is 179. The first kappa shape index (κ1) is 12.2. The van der Waals surface area contributed by atoms with Crippen LogP contribution in [-0.4, -0.2) is 23.8 Å². The molecule has 0 bridgehead atoms. The molecule has 0 saturated heterocycles. The van der Waals surface area contributed by atoms with E-state index in [2.05, 4.69) is 6.58 Å². The molecule has 0 heterocycles. The molecule has 13 heavy (non-hydrogen) atoms. The second kappa shape index (κ2) is 5.02. The van der Waals surface area contributed by atoms with Crippen molar-refractivity contribution in [1.29, 1.82) is 0 Å². The summed E-state index contributed by atoms with van der Waals surface area (Å²) in [7, 11) is 0. The van der Waals surface area contributed by atoms with Crippen molar-refractivity contribution in [3.05, 3.63) is 12.7 Å². The predicted molar refractivity (Wildman–Crippen MR) is 51.2 cm³/mol. The maximum absolute atomic E-state index is 10.6. The monoisotopic (exact) mass is 186 g/mol. The lowest BCUT2D eigenvalue weighted by Gasteiger charge is -2.21. The van der Waals surface area contributed by atoms with Crippen molar-refractivity contribution >= 4 is 5.97 Å². The fourth-order valence-electron chi connectivity index (χ4n) is 1.00. The van der Waals surface area contributed by atoms with Gasteiger partial charge in [0.25, 0.3) is 0 Å². The molecular formula is C10H18O3. The summed E-state index contributed by atoms with van der Waals surface area (Å²) in [5.74, 6) is -0.493. The first-order chi connectivity index (χ1) is 5.85. The van der Waals surface area contributed by atoms with Crippen molar-refractivity contribution in [1.82, 2.24) is 0 Å². The zero-order chi connectivity index (χ0) is 10.5. The van der Waals surface area contributed by atoms with Crippen LogP contribution in [0.2, 0.25) is 0 Å². The van der Waals surface area contributed by atoms with Gasteiger partial charge in [0.05, 0.1) is 6.10 Å². The summed E-state index contributed by atoms with van der Waals surface area (Å²) in [6.45, 7) is 9.36. The Hall–Kier alpha value is -0.830. The van der Waals surface area contributed by atoms with E-state index in [-0.39, 0.29) is 12.0 Å². The second-order valence-corrected chi connectivity index (χ2v) is 4.25. The van der Waals surface area contributed by atoms with Gasteiger partial charge in [-0.05, 0) is 11.8 Å². The summed E-state index contributed by atoms with van der Waals surface area (Å²) >= 11 is 0. The summed E-state index contributed by atoms with van der Waals surface area (Å²) in [5.41, 5.74) is 0.0417. The number of aliphatic hydroxyl groups excluding tert-OH is 1. The molecule has 76 valence electrons. The molecule has 0 aromatic carbocycles. The summed E-state index contributed by atoms with van der Waals surface area (Å²) in [6.07, 6.45) is 1.10. The molecule has 0 rings (SSSR count). The van der Waals surface area contributed by atoms with E-state index in [1.54, 1.807) is 0 Å². The highest BCUT2D eigenvalue weighted by molar-refractivity contribution is 5.81. The number of carbonyl (C=O) groups excluding carboxylic acids is 1. The van der Waals surface area contributed by atoms with E-state index in [4.69, 9.17) is 4.74 Å². The van der Waals surface area contributed by atoms with Gasteiger partial charge in [0.1, 0.15) is 6.61 Å². The molecule has 1 atom stereocenters. The summed E-state index contributed by atoms with van der Waals surface area (Å²) in [5, 5.41) is 9.42. The molecule has 0 radical (unpaired) electrons. The van der Waals surface area contributed by atoms with E-state index in [0.717, 1.165) is 6.08 Å². The van der Waals surface area contributed by atoms with Crippen LogP contribution in [0.25, 0.3) is 0 Å². The lowest BCUT2D eigenvalue weighted by molar-refractivity contribution is -0.141. The Balaban J connectivity index is 3.69. The van der Waals surface area contributed by atoms with E-state index in [1.165, 1.54) is 0 Å². The fraction of sp³-hybridized carbons (Fsp3) is 0.700. The lowest BCUT2D eigenvalue weighted by atomic mass is 9.89. The molecule has 0 saturated carbocycles. The SMILES string of the molecule is C=CC(=O)OCC(O)CC(C)(C)C. The van der Waals surface area contributed by atoms with Gasteiger partial charge in [-0.25, -0.2) is 4.79 Å². The van der Waals surface area contributed by atoms with E-state index in [0.29, 0.717) is 6.42 Å². The number of hydrogen-bond acceptors (Lipinski definition) is 3.